The van der Waals surface area contributed by atoms with E-state index in [1.165, 1.54) is 6.08 Å². The maximum absolute atomic E-state index is 11.4. The Morgan fingerprint density at radius 1 is 1.35 bits per heavy atom. The highest BCUT2D eigenvalue weighted by molar-refractivity contribution is 5.93. The molecule has 0 aromatic heterocycles. The molecule has 1 rings (SSSR count). The monoisotopic (exact) mass is 232 g/mol. The predicted molar refractivity (Wildman–Crippen MR) is 69.0 cm³/mol. The van der Waals surface area contributed by atoms with Crippen LogP contribution < -0.4 is 10.2 Å². The molecule has 0 unspecified atom stereocenters. The number of carbonyl (C=O) groups is 1. The molecule has 0 aliphatic carbocycles. The van der Waals surface area contributed by atoms with Gasteiger partial charge in [-0.3, -0.25) is 4.79 Å². The Balaban J connectivity index is 2.70. The number of hydrogen-bond acceptors (Lipinski definition) is 3. The van der Waals surface area contributed by atoms with Crippen LogP contribution >= 0.6 is 0 Å². The van der Waals surface area contributed by atoms with E-state index in [0.717, 1.165) is 17.0 Å². The molecule has 0 aliphatic rings. The Labute approximate surface area is 101 Å². The summed E-state index contributed by atoms with van der Waals surface area (Å²) in [5.74, 6) is 0.462. The van der Waals surface area contributed by atoms with E-state index >= 15 is 0 Å². The van der Waals surface area contributed by atoms with Crippen molar-refractivity contribution in [1.29, 1.82) is 0 Å². The lowest BCUT2D eigenvalue weighted by molar-refractivity contribution is -0.116. The summed E-state index contributed by atoms with van der Waals surface area (Å²) in [6, 6.07) is 7.47. The average molecular weight is 232 g/mol. The first-order valence-corrected chi connectivity index (χ1v) is 5.25. The van der Waals surface area contributed by atoms with Crippen molar-refractivity contribution in [1.82, 2.24) is 5.43 Å². The van der Waals surface area contributed by atoms with Crippen LogP contribution in [-0.4, -0.2) is 18.7 Å². The van der Waals surface area contributed by atoms with Crippen molar-refractivity contribution in [3.05, 3.63) is 35.9 Å². The molecular formula is C13H16N2O2. The van der Waals surface area contributed by atoms with E-state index in [0.29, 0.717) is 0 Å². The van der Waals surface area contributed by atoms with Crippen LogP contribution in [0.3, 0.4) is 0 Å². The molecule has 4 heteroatoms. The molecular weight excluding hydrogens is 216 g/mol. The van der Waals surface area contributed by atoms with Gasteiger partial charge in [0.05, 0.1) is 7.11 Å². The zero-order chi connectivity index (χ0) is 12.7. The predicted octanol–water partition coefficient (Wildman–Crippen LogP) is 2.22. The quantitative estimate of drug-likeness (QED) is 0.491. The van der Waals surface area contributed by atoms with Crippen molar-refractivity contribution >= 4 is 17.7 Å². The summed E-state index contributed by atoms with van der Waals surface area (Å²) < 4.78 is 5.17. The molecule has 0 spiro atoms. The summed E-state index contributed by atoms with van der Waals surface area (Å²) in [4.78, 5) is 11.4. The molecule has 1 amide bonds. The first-order valence-electron chi connectivity index (χ1n) is 5.25. The summed E-state index contributed by atoms with van der Waals surface area (Å²) >= 11 is 0. The molecule has 1 N–H and O–H groups in total. The van der Waals surface area contributed by atoms with Gasteiger partial charge in [-0.15, -0.1) is 0 Å². The van der Waals surface area contributed by atoms with Gasteiger partial charge in [0.15, 0.2) is 0 Å². The summed E-state index contributed by atoms with van der Waals surface area (Å²) in [6.07, 6.45) is 3.11. The Morgan fingerprint density at radius 3 is 2.71 bits per heavy atom. The third-order valence-corrected chi connectivity index (χ3v) is 1.94. The molecule has 0 saturated carbocycles. The minimum Gasteiger partial charge on any atom is -0.496 e. The lowest BCUT2D eigenvalue weighted by Crippen LogP contribution is -2.15. The Morgan fingerprint density at radius 2 is 2.06 bits per heavy atom. The number of nitrogens with zero attached hydrogens (tertiary/aromatic N) is 1. The van der Waals surface area contributed by atoms with Crippen LogP contribution in [0.2, 0.25) is 0 Å². The second-order valence-corrected chi connectivity index (χ2v) is 3.61. The average Bonchev–Trinajstić information content (AvgIpc) is 2.34. The molecule has 4 nitrogen and oxygen atoms in total. The van der Waals surface area contributed by atoms with Crippen molar-refractivity contribution in [2.45, 2.75) is 13.8 Å². The number of para-hydroxylation sites is 1. The minimum absolute atomic E-state index is 0.267. The van der Waals surface area contributed by atoms with E-state index in [4.69, 9.17) is 4.74 Å². The molecule has 0 radical (unpaired) electrons. The molecule has 1 aromatic carbocycles. The molecule has 1 aromatic rings. The van der Waals surface area contributed by atoms with E-state index < -0.39 is 0 Å². The van der Waals surface area contributed by atoms with E-state index in [9.17, 15) is 4.79 Å². The number of amides is 1. The van der Waals surface area contributed by atoms with Crippen molar-refractivity contribution < 1.29 is 9.53 Å². The molecule has 90 valence electrons. The number of hydrazone groups is 1. The van der Waals surface area contributed by atoms with Gasteiger partial charge in [-0.05, 0) is 26.0 Å². The van der Waals surface area contributed by atoms with E-state index in [1.807, 2.05) is 38.1 Å². The van der Waals surface area contributed by atoms with Gasteiger partial charge in [-0.25, -0.2) is 5.43 Å². The van der Waals surface area contributed by atoms with Gasteiger partial charge in [-0.2, -0.15) is 5.10 Å². The van der Waals surface area contributed by atoms with E-state index in [2.05, 4.69) is 10.5 Å². The van der Waals surface area contributed by atoms with Crippen molar-refractivity contribution in [2.24, 2.45) is 5.10 Å². The third-order valence-electron chi connectivity index (χ3n) is 1.94. The molecule has 0 bridgehead atoms. The first-order chi connectivity index (χ1) is 8.13. The lowest BCUT2D eigenvalue weighted by atomic mass is 10.2. The van der Waals surface area contributed by atoms with Crippen LogP contribution in [0.1, 0.15) is 19.4 Å². The second-order valence-electron chi connectivity index (χ2n) is 3.61. The number of ether oxygens (including phenoxy) is 1. The smallest absolute Gasteiger partial charge is 0.264 e. The van der Waals surface area contributed by atoms with Gasteiger partial charge in [0.1, 0.15) is 5.75 Å². The topological polar surface area (TPSA) is 50.7 Å². The van der Waals surface area contributed by atoms with Crippen LogP contribution in [0, 0.1) is 0 Å². The van der Waals surface area contributed by atoms with Crippen LogP contribution in [0.5, 0.6) is 5.75 Å². The fourth-order valence-corrected chi connectivity index (χ4v) is 1.17. The van der Waals surface area contributed by atoms with Gasteiger partial charge in [0, 0.05) is 17.4 Å². The highest BCUT2D eigenvalue weighted by Crippen LogP contribution is 2.18. The Hall–Kier alpha value is -2.10. The first kappa shape index (κ1) is 13.0. The fraction of sp³-hybridized carbons (Fsp3) is 0.231. The largest absolute Gasteiger partial charge is 0.496 e. The van der Waals surface area contributed by atoms with Gasteiger partial charge < -0.3 is 4.74 Å². The standard InChI is InChI=1S/C13H16N2O2/c1-10(2)14-15-13(16)9-8-11-6-4-5-7-12(11)17-3/h4-9H,1-3H3,(H,15,16). The van der Waals surface area contributed by atoms with Crippen LogP contribution in [-0.2, 0) is 4.79 Å². The SMILES string of the molecule is COc1ccccc1C=CC(=O)NN=C(C)C. The normalized spacial score (nSPS) is 10.1. The number of hydrogen-bond donors (Lipinski definition) is 1. The molecule has 0 aliphatic heterocycles. The number of nitrogens with one attached hydrogen (secondary N) is 1. The third kappa shape index (κ3) is 4.51. The molecule has 0 atom stereocenters. The highest BCUT2D eigenvalue weighted by Gasteiger charge is 1.98. The highest BCUT2D eigenvalue weighted by atomic mass is 16.5. The number of benzene rings is 1. The molecule has 17 heavy (non-hydrogen) atoms. The summed E-state index contributed by atoms with van der Waals surface area (Å²) in [5, 5.41) is 3.81. The van der Waals surface area contributed by atoms with Crippen LogP contribution in [0.4, 0.5) is 0 Å². The van der Waals surface area contributed by atoms with E-state index in [-0.39, 0.29) is 5.91 Å². The van der Waals surface area contributed by atoms with Gasteiger partial charge in [0.2, 0.25) is 0 Å². The summed E-state index contributed by atoms with van der Waals surface area (Å²) in [7, 11) is 1.59. The molecule has 0 saturated heterocycles. The number of methoxy groups -OCH3 is 1. The minimum atomic E-state index is -0.267. The number of carbonyl (C=O) groups excluding carboxylic acids is 1. The number of rotatable bonds is 4. The van der Waals surface area contributed by atoms with Gasteiger partial charge in [-0.1, -0.05) is 18.2 Å². The molecule has 0 fully saturated rings. The van der Waals surface area contributed by atoms with E-state index in [1.54, 1.807) is 13.2 Å². The maximum atomic E-state index is 11.4. The zero-order valence-electron chi connectivity index (χ0n) is 10.2. The van der Waals surface area contributed by atoms with Crippen molar-refractivity contribution in [3.63, 3.8) is 0 Å². The van der Waals surface area contributed by atoms with Gasteiger partial charge in [0.25, 0.3) is 5.91 Å². The summed E-state index contributed by atoms with van der Waals surface area (Å²) in [5.41, 5.74) is 4.06. The fourth-order valence-electron chi connectivity index (χ4n) is 1.17. The van der Waals surface area contributed by atoms with Crippen molar-refractivity contribution in [2.75, 3.05) is 7.11 Å². The second kappa shape index (κ2) is 6.48. The molecule has 0 heterocycles. The Bertz CT molecular complexity index is 446. The maximum Gasteiger partial charge on any atom is 0.264 e. The van der Waals surface area contributed by atoms with Crippen LogP contribution in [0.25, 0.3) is 6.08 Å². The van der Waals surface area contributed by atoms with Gasteiger partial charge >= 0.3 is 0 Å². The zero-order valence-corrected chi connectivity index (χ0v) is 10.2. The summed E-state index contributed by atoms with van der Waals surface area (Å²) in [6.45, 7) is 3.62. The van der Waals surface area contributed by atoms with Crippen molar-refractivity contribution in [3.8, 4) is 5.75 Å². The lowest BCUT2D eigenvalue weighted by Gasteiger charge is -2.02. The Kier molecular flexibility index (Phi) is 4.94. The van der Waals surface area contributed by atoms with Crippen LogP contribution in [0.15, 0.2) is 35.4 Å².